The Kier molecular flexibility index (Phi) is 4.61. The number of rotatable bonds is 5. The number of para-hydroxylation sites is 1. The zero-order valence-electron chi connectivity index (χ0n) is 12.9. The van der Waals surface area contributed by atoms with Gasteiger partial charge in [-0.2, -0.15) is 8.42 Å². The summed E-state index contributed by atoms with van der Waals surface area (Å²) >= 11 is 0. The van der Waals surface area contributed by atoms with Crippen molar-refractivity contribution in [2.75, 3.05) is 0 Å². The summed E-state index contributed by atoms with van der Waals surface area (Å²) in [7, 11) is -7.96. The Morgan fingerprint density at radius 1 is 0.560 bits per heavy atom. The van der Waals surface area contributed by atoms with Crippen molar-refractivity contribution in [2.45, 2.75) is 14.7 Å². The molecule has 0 amide bonds. The third-order valence-electron chi connectivity index (χ3n) is 3.41. The van der Waals surface area contributed by atoms with Gasteiger partial charge in [0.05, 0.1) is 9.79 Å². The summed E-state index contributed by atoms with van der Waals surface area (Å²) in [5, 5.41) is 0. The Bertz CT molecular complexity index is 1070. The van der Waals surface area contributed by atoms with Gasteiger partial charge in [0.2, 0.25) is 9.84 Å². The molecule has 0 aliphatic rings. The molecule has 5 nitrogen and oxygen atoms in total. The lowest BCUT2D eigenvalue weighted by Gasteiger charge is -2.09. The Morgan fingerprint density at radius 3 is 1.72 bits per heavy atom. The first-order valence-electron chi connectivity index (χ1n) is 7.29. The monoisotopic (exact) mass is 374 g/mol. The first-order valence-corrected chi connectivity index (χ1v) is 10.2. The van der Waals surface area contributed by atoms with Crippen molar-refractivity contribution in [2.24, 2.45) is 0 Å². The van der Waals surface area contributed by atoms with Crippen LogP contribution in [-0.2, 0) is 20.0 Å². The highest BCUT2D eigenvalue weighted by atomic mass is 32.2. The summed E-state index contributed by atoms with van der Waals surface area (Å²) < 4.78 is 55.1. The van der Waals surface area contributed by atoms with Gasteiger partial charge in [0.25, 0.3) is 0 Å². The second kappa shape index (κ2) is 6.70. The highest BCUT2D eigenvalue weighted by Crippen LogP contribution is 2.24. The molecule has 0 fully saturated rings. The van der Waals surface area contributed by atoms with Crippen molar-refractivity contribution >= 4 is 20.0 Å². The van der Waals surface area contributed by atoms with Crippen LogP contribution >= 0.6 is 0 Å². The fourth-order valence-electron chi connectivity index (χ4n) is 2.18. The topological polar surface area (TPSA) is 77.5 Å². The highest BCUT2D eigenvalue weighted by molar-refractivity contribution is 7.91. The molecule has 25 heavy (non-hydrogen) atoms. The van der Waals surface area contributed by atoms with Crippen LogP contribution in [0.2, 0.25) is 0 Å². The van der Waals surface area contributed by atoms with Gasteiger partial charge in [-0.3, -0.25) is 0 Å². The molecule has 7 heteroatoms. The van der Waals surface area contributed by atoms with Crippen LogP contribution in [0.4, 0.5) is 0 Å². The van der Waals surface area contributed by atoms with Gasteiger partial charge in [-0.25, -0.2) is 8.42 Å². The van der Waals surface area contributed by atoms with Gasteiger partial charge in [-0.05, 0) is 42.5 Å². The van der Waals surface area contributed by atoms with Crippen molar-refractivity contribution in [1.82, 2.24) is 0 Å². The highest BCUT2D eigenvalue weighted by Gasteiger charge is 2.22. The molecule has 0 unspecified atom stereocenters. The van der Waals surface area contributed by atoms with Gasteiger partial charge in [0.15, 0.2) is 0 Å². The summed E-state index contributed by atoms with van der Waals surface area (Å²) in [6.45, 7) is 0. The van der Waals surface area contributed by atoms with Crippen LogP contribution in [0.1, 0.15) is 0 Å². The van der Waals surface area contributed by atoms with Crippen LogP contribution in [0.15, 0.2) is 99.6 Å². The maximum atomic E-state index is 12.6. The normalized spacial score (nSPS) is 11.8. The average molecular weight is 374 g/mol. The summed E-state index contributed by atoms with van der Waals surface area (Å²) in [6.07, 6.45) is 0. The molecule has 0 N–H and O–H groups in total. The lowest BCUT2D eigenvalue weighted by molar-refractivity contribution is 0.486. The molecule has 3 aromatic rings. The molecule has 0 aliphatic heterocycles. The SMILES string of the molecule is O=S(=O)(Oc1ccccc1)c1cccc(S(=O)(=O)c2ccccc2)c1. The van der Waals surface area contributed by atoms with E-state index in [1.54, 1.807) is 36.4 Å². The molecule has 0 atom stereocenters. The number of sulfone groups is 1. The van der Waals surface area contributed by atoms with Gasteiger partial charge in [0.1, 0.15) is 10.6 Å². The number of hydrogen-bond acceptors (Lipinski definition) is 5. The molecular formula is C18H14O5S2. The standard InChI is InChI=1S/C18H14O5S2/c19-24(20,16-10-5-2-6-11-16)17-12-7-13-18(14-17)25(21,22)23-15-8-3-1-4-9-15/h1-14H. The van der Waals surface area contributed by atoms with Gasteiger partial charge in [0, 0.05) is 0 Å². The zero-order valence-corrected chi connectivity index (χ0v) is 14.6. The predicted octanol–water partition coefficient (Wildman–Crippen LogP) is 3.29. The van der Waals surface area contributed by atoms with Crippen molar-refractivity contribution in [3.63, 3.8) is 0 Å². The molecule has 3 aromatic carbocycles. The summed E-state index contributed by atoms with van der Waals surface area (Å²) in [5.74, 6) is 0.152. The fraction of sp³-hybridized carbons (Fsp3) is 0. The van der Waals surface area contributed by atoms with Crippen LogP contribution < -0.4 is 4.18 Å². The molecule has 0 spiro atoms. The van der Waals surface area contributed by atoms with Crippen molar-refractivity contribution in [1.29, 1.82) is 0 Å². The molecule has 0 saturated carbocycles. The van der Waals surface area contributed by atoms with E-state index in [0.717, 1.165) is 6.07 Å². The third-order valence-corrected chi connectivity index (χ3v) is 6.42. The van der Waals surface area contributed by atoms with Crippen LogP contribution in [-0.4, -0.2) is 16.8 Å². The molecule has 0 aliphatic carbocycles. The van der Waals surface area contributed by atoms with E-state index in [1.165, 1.54) is 42.5 Å². The molecule has 3 rings (SSSR count). The van der Waals surface area contributed by atoms with Gasteiger partial charge >= 0.3 is 10.1 Å². The number of benzene rings is 3. The van der Waals surface area contributed by atoms with E-state index in [9.17, 15) is 16.8 Å². The van der Waals surface area contributed by atoms with Crippen LogP contribution in [0.3, 0.4) is 0 Å². The van der Waals surface area contributed by atoms with Gasteiger partial charge in [-0.1, -0.05) is 42.5 Å². The smallest absolute Gasteiger partial charge is 0.339 e. The molecular weight excluding hydrogens is 360 g/mol. The lowest BCUT2D eigenvalue weighted by atomic mass is 10.3. The molecule has 0 saturated heterocycles. The van der Waals surface area contributed by atoms with Crippen molar-refractivity contribution < 1.29 is 21.0 Å². The fourth-order valence-corrected chi connectivity index (χ4v) is 4.56. The second-order valence-electron chi connectivity index (χ2n) is 5.14. The summed E-state index contributed by atoms with van der Waals surface area (Å²) in [5.41, 5.74) is 0. The van der Waals surface area contributed by atoms with Crippen molar-refractivity contribution in [3.8, 4) is 5.75 Å². The van der Waals surface area contributed by atoms with E-state index in [-0.39, 0.29) is 20.4 Å². The Morgan fingerprint density at radius 2 is 1.08 bits per heavy atom. The Hall–Kier alpha value is -2.64. The van der Waals surface area contributed by atoms with E-state index in [4.69, 9.17) is 4.18 Å². The van der Waals surface area contributed by atoms with Gasteiger partial charge in [-0.15, -0.1) is 0 Å². The maximum absolute atomic E-state index is 12.6. The van der Waals surface area contributed by atoms with E-state index in [0.29, 0.717) is 0 Å². The molecule has 128 valence electrons. The molecule has 0 radical (unpaired) electrons. The summed E-state index contributed by atoms with van der Waals surface area (Å²) in [6, 6.07) is 20.9. The van der Waals surface area contributed by atoms with Crippen molar-refractivity contribution in [3.05, 3.63) is 84.9 Å². The Labute approximate surface area is 146 Å². The van der Waals surface area contributed by atoms with E-state index < -0.39 is 20.0 Å². The first-order chi connectivity index (χ1) is 11.9. The third kappa shape index (κ3) is 3.72. The van der Waals surface area contributed by atoms with Gasteiger partial charge < -0.3 is 4.18 Å². The predicted molar refractivity (Wildman–Crippen MR) is 92.6 cm³/mol. The van der Waals surface area contributed by atoms with Crippen LogP contribution in [0, 0.1) is 0 Å². The lowest BCUT2D eigenvalue weighted by Crippen LogP contribution is -2.11. The zero-order chi connectivity index (χ0) is 17.9. The van der Waals surface area contributed by atoms with E-state index in [2.05, 4.69) is 0 Å². The summed E-state index contributed by atoms with van der Waals surface area (Å²) in [4.78, 5) is -0.252. The minimum absolute atomic E-state index is 0.0912. The molecule has 0 bridgehead atoms. The minimum atomic E-state index is -4.14. The first kappa shape index (κ1) is 17.2. The van der Waals surface area contributed by atoms with Crippen LogP contribution in [0.25, 0.3) is 0 Å². The minimum Gasteiger partial charge on any atom is -0.379 e. The maximum Gasteiger partial charge on any atom is 0.339 e. The van der Waals surface area contributed by atoms with E-state index in [1.807, 2.05) is 0 Å². The number of hydrogen-bond donors (Lipinski definition) is 0. The Balaban J connectivity index is 2.00. The largest absolute Gasteiger partial charge is 0.379 e. The molecule has 0 heterocycles. The molecule has 0 aromatic heterocycles. The van der Waals surface area contributed by atoms with Crippen LogP contribution in [0.5, 0.6) is 5.75 Å². The average Bonchev–Trinajstić information content (AvgIpc) is 2.63. The van der Waals surface area contributed by atoms with E-state index >= 15 is 0 Å². The quantitative estimate of drug-likeness (QED) is 0.641. The second-order valence-corrected chi connectivity index (χ2v) is 8.64.